The van der Waals surface area contributed by atoms with Crippen molar-refractivity contribution >= 4 is 15.7 Å². The monoisotopic (exact) mass is 323 g/mol. The number of fused-ring (bicyclic) bond motifs is 1. The van der Waals surface area contributed by atoms with Crippen LogP contribution in [0.25, 0.3) is 0 Å². The summed E-state index contributed by atoms with van der Waals surface area (Å²) < 4.78 is 51.4. The highest BCUT2D eigenvalue weighted by molar-refractivity contribution is 7.92. The van der Waals surface area contributed by atoms with E-state index >= 15 is 0 Å². The second kappa shape index (κ2) is 5.49. The molecule has 1 aliphatic heterocycles. The fourth-order valence-corrected chi connectivity index (χ4v) is 3.19. The van der Waals surface area contributed by atoms with Crippen LogP contribution < -0.4 is 14.2 Å². The predicted molar refractivity (Wildman–Crippen MR) is 79.4 cm³/mol. The van der Waals surface area contributed by atoms with E-state index in [1.807, 2.05) is 0 Å². The molecule has 0 aromatic heterocycles. The van der Waals surface area contributed by atoms with Gasteiger partial charge in [0.15, 0.2) is 11.5 Å². The number of ether oxygens (including phenoxy) is 2. The van der Waals surface area contributed by atoms with E-state index in [9.17, 15) is 12.8 Å². The molecule has 22 heavy (non-hydrogen) atoms. The molecule has 0 aliphatic carbocycles. The number of rotatable bonds is 3. The largest absolute Gasteiger partial charge is 0.486 e. The summed E-state index contributed by atoms with van der Waals surface area (Å²) in [6, 6.07) is 8.50. The Balaban J connectivity index is 1.94. The molecule has 0 atom stereocenters. The molecule has 0 saturated heterocycles. The summed E-state index contributed by atoms with van der Waals surface area (Å²) in [4.78, 5) is -0.0161. The summed E-state index contributed by atoms with van der Waals surface area (Å²) in [5, 5.41) is 0. The maximum absolute atomic E-state index is 13.7. The van der Waals surface area contributed by atoms with Gasteiger partial charge >= 0.3 is 0 Å². The van der Waals surface area contributed by atoms with Crippen molar-refractivity contribution in [3.63, 3.8) is 0 Å². The molecule has 1 heterocycles. The van der Waals surface area contributed by atoms with Gasteiger partial charge in [-0.3, -0.25) is 4.72 Å². The van der Waals surface area contributed by atoms with Gasteiger partial charge in [-0.05, 0) is 36.8 Å². The van der Waals surface area contributed by atoms with Crippen LogP contribution in [0.15, 0.2) is 41.3 Å². The minimum atomic E-state index is -3.91. The molecule has 0 amide bonds. The number of aryl methyl sites for hydroxylation is 1. The maximum atomic E-state index is 13.7. The highest BCUT2D eigenvalue weighted by Crippen LogP contribution is 2.33. The third kappa shape index (κ3) is 2.85. The van der Waals surface area contributed by atoms with Crippen molar-refractivity contribution in [2.24, 2.45) is 0 Å². The molecule has 0 bridgehead atoms. The Morgan fingerprint density at radius 2 is 1.77 bits per heavy atom. The quantitative estimate of drug-likeness (QED) is 0.943. The van der Waals surface area contributed by atoms with Gasteiger partial charge < -0.3 is 9.47 Å². The number of sulfonamides is 1. The normalized spacial score (nSPS) is 13.7. The van der Waals surface area contributed by atoms with Gasteiger partial charge in [0.25, 0.3) is 10.0 Å². The first-order chi connectivity index (χ1) is 10.5. The summed E-state index contributed by atoms with van der Waals surface area (Å²) in [6.07, 6.45) is 0. The van der Waals surface area contributed by atoms with Crippen molar-refractivity contribution < 1.29 is 22.3 Å². The molecule has 0 spiro atoms. The van der Waals surface area contributed by atoms with Gasteiger partial charge in [0.05, 0.1) is 10.6 Å². The van der Waals surface area contributed by atoms with Gasteiger partial charge in [-0.15, -0.1) is 0 Å². The summed E-state index contributed by atoms with van der Waals surface area (Å²) in [5.74, 6) is 0.220. The maximum Gasteiger partial charge on any atom is 0.262 e. The fourth-order valence-electron chi connectivity index (χ4n) is 2.11. The Bertz CT molecular complexity index is 820. The number of hydrogen-bond acceptors (Lipinski definition) is 4. The molecular weight excluding hydrogens is 309 g/mol. The van der Waals surface area contributed by atoms with Gasteiger partial charge in [-0.1, -0.05) is 6.07 Å². The van der Waals surface area contributed by atoms with Crippen LogP contribution in [0.1, 0.15) is 5.56 Å². The van der Waals surface area contributed by atoms with Crippen LogP contribution in [-0.4, -0.2) is 21.6 Å². The number of anilines is 1. The summed E-state index contributed by atoms with van der Waals surface area (Å²) in [6.45, 7) is 2.53. The standard InChI is InChI=1S/C15H14FNO4S/c1-10-2-4-12(16)13(8-10)17-22(18,19)11-3-5-14-15(9-11)21-7-6-20-14/h2-5,8-9,17H,6-7H2,1H3. The molecule has 116 valence electrons. The molecule has 1 aliphatic rings. The highest BCUT2D eigenvalue weighted by atomic mass is 32.2. The first kappa shape index (κ1) is 14.6. The van der Waals surface area contributed by atoms with Gasteiger partial charge in [0.1, 0.15) is 19.0 Å². The van der Waals surface area contributed by atoms with Crippen LogP contribution in [0.5, 0.6) is 11.5 Å². The van der Waals surface area contributed by atoms with Crippen molar-refractivity contribution in [3.8, 4) is 11.5 Å². The second-order valence-corrected chi connectivity index (χ2v) is 6.58. The average molecular weight is 323 g/mol. The molecular formula is C15H14FNO4S. The summed E-state index contributed by atoms with van der Waals surface area (Å²) >= 11 is 0. The second-order valence-electron chi connectivity index (χ2n) is 4.89. The Hall–Kier alpha value is -2.28. The molecule has 1 N–H and O–H groups in total. The van der Waals surface area contributed by atoms with Crippen molar-refractivity contribution in [3.05, 3.63) is 47.8 Å². The SMILES string of the molecule is Cc1ccc(F)c(NS(=O)(=O)c2ccc3c(c2)OCCO3)c1. The molecule has 0 fully saturated rings. The first-order valence-corrected chi connectivity index (χ1v) is 8.13. The van der Waals surface area contributed by atoms with Crippen LogP contribution >= 0.6 is 0 Å². The van der Waals surface area contributed by atoms with E-state index in [0.717, 1.165) is 5.56 Å². The van der Waals surface area contributed by atoms with Crippen molar-refractivity contribution in [2.75, 3.05) is 17.9 Å². The van der Waals surface area contributed by atoms with Gasteiger partial charge in [-0.2, -0.15) is 0 Å². The van der Waals surface area contributed by atoms with E-state index in [0.29, 0.717) is 24.7 Å². The lowest BCUT2D eigenvalue weighted by atomic mass is 10.2. The van der Waals surface area contributed by atoms with E-state index in [4.69, 9.17) is 9.47 Å². The van der Waals surface area contributed by atoms with Crippen LogP contribution in [0.2, 0.25) is 0 Å². The molecule has 2 aromatic rings. The van der Waals surface area contributed by atoms with E-state index in [2.05, 4.69) is 4.72 Å². The summed E-state index contributed by atoms with van der Waals surface area (Å²) in [5.41, 5.74) is 0.663. The lowest BCUT2D eigenvalue weighted by molar-refractivity contribution is 0.171. The van der Waals surface area contributed by atoms with E-state index in [1.54, 1.807) is 13.0 Å². The first-order valence-electron chi connectivity index (χ1n) is 6.64. The molecule has 5 nitrogen and oxygen atoms in total. The van der Waals surface area contributed by atoms with Crippen molar-refractivity contribution in [1.29, 1.82) is 0 Å². The highest BCUT2D eigenvalue weighted by Gasteiger charge is 2.20. The third-order valence-electron chi connectivity index (χ3n) is 3.19. The minimum Gasteiger partial charge on any atom is -0.486 e. The number of benzene rings is 2. The van der Waals surface area contributed by atoms with Crippen LogP contribution in [0.4, 0.5) is 10.1 Å². The zero-order valence-electron chi connectivity index (χ0n) is 11.8. The zero-order chi connectivity index (χ0) is 15.7. The fraction of sp³-hybridized carbons (Fsp3) is 0.200. The van der Waals surface area contributed by atoms with Crippen molar-refractivity contribution in [1.82, 2.24) is 0 Å². The van der Waals surface area contributed by atoms with Crippen LogP contribution in [-0.2, 0) is 10.0 Å². The lowest BCUT2D eigenvalue weighted by Crippen LogP contribution is -2.17. The molecule has 7 heteroatoms. The van der Waals surface area contributed by atoms with Crippen LogP contribution in [0, 0.1) is 12.7 Å². The minimum absolute atomic E-state index is 0.0161. The Kier molecular flexibility index (Phi) is 3.66. The Labute approximate surface area is 127 Å². The molecule has 2 aromatic carbocycles. The zero-order valence-corrected chi connectivity index (χ0v) is 12.6. The van der Waals surface area contributed by atoms with Gasteiger partial charge in [-0.25, -0.2) is 12.8 Å². The van der Waals surface area contributed by atoms with Crippen molar-refractivity contribution in [2.45, 2.75) is 11.8 Å². The molecule has 3 rings (SSSR count). The lowest BCUT2D eigenvalue weighted by Gasteiger charge is -2.19. The molecule has 0 unspecified atom stereocenters. The van der Waals surface area contributed by atoms with Gasteiger partial charge in [0.2, 0.25) is 0 Å². The number of halogens is 1. The smallest absolute Gasteiger partial charge is 0.262 e. The van der Waals surface area contributed by atoms with Gasteiger partial charge in [0, 0.05) is 6.07 Å². The Morgan fingerprint density at radius 1 is 1.05 bits per heavy atom. The average Bonchev–Trinajstić information content (AvgIpc) is 2.50. The Morgan fingerprint density at radius 3 is 2.55 bits per heavy atom. The van der Waals surface area contributed by atoms with E-state index in [-0.39, 0.29) is 10.6 Å². The summed E-state index contributed by atoms with van der Waals surface area (Å²) in [7, 11) is -3.91. The van der Waals surface area contributed by atoms with Crippen LogP contribution in [0.3, 0.4) is 0 Å². The third-order valence-corrected chi connectivity index (χ3v) is 4.55. The molecule has 0 saturated carbocycles. The van der Waals surface area contributed by atoms with E-state index < -0.39 is 15.8 Å². The topological polar surface area (TPSA) is 64.6 Å². The van der Waals surface area contributed by atoms with E-state index in [1.165, 1.54) is 30.3 Å². The number of nitrogens with one attached hydrogen (secondary N) is 1. The molecule has 0 radical (unpaired) electrons. The number of hydrogen-bond donors (Lipinski definition) is 1. The predicted octanol–water partition coefficient (Wildman–Crippen LogP) is 2.71.